The number of hydrazone groups is 1. The minimum absolute atomic E-state index is 0.0885. The summed E-state index contributed by atoms with van der Waals surface area (Å²) >= 11 is 5.36. The highest BCUT2D eigenvalue weighted by atomic mass is 32.1. The average Bonchev–Trinajstić information content (AvgIpc) is 3.29. The van der Waals surface area contributed by atoms with E-state index < -0.39 is 29.9 Å². The summed E-state index contributed by atoms with van der Waals surface area (Å²) < 4.78 is 10.4. The van der Waals surface area contributed by atoms with Crippen LogP contribution in [0.5, 0.6) is 0 Å². The van der Waals surface area contributed by atoms with Gasteiger partial charge in [-0.25, -0.2) is 14.6 Å². The van der Waals surface area contributed by atoms with Crippen LogP contribution in [-0.4, -0.2) is 50.9 Å². The molecule has 0 spiro atoms. The zero-order chi connectivity index (χ0) is 20.8. The maximum atomic E-state index is 11.7. The Balaban J connectivity index is 1.60. The Morgan fingerprint density at radius 3 is 2.79 bits per heavy atom. The number of hydrogen-bond acceptors (Lipinski definition) is 11. The van der Waals surface area contributed by atoms with Crippen molar-refractivity contribution in [1.82, 2.24) is 9.99 Å². The van der Waals surface area contributed by atoms with Crippen LogP contribution in [0.1, 0.15) is 11.3 Å². The van der Waals surface area contributed by atoms with Gasteiger partial charge >= 0.3 is 11.9 Å². The summed E-state index contributed by atoms with van der Waals surface area (Å²) in [6.45, 7) is -0.702. The number of esters is 1. The zero-order valence-electron chi connectivity index (χ0n) is 14.7. The van der Waals surface area contributed by atoms with E-state index in [-0.39, 0.29) is 12.5 Å². The first kappa shape index (κ1) is 20.4. The third kappa shape index (κ3) is 5.36. The normalized spacial score (nSPS) is 16.2. The molecule has 0 saturated carbocycles. The molecule has 1 aromatic carbocycles. The predicted molar refractivity (Wildman–Crippen MR) is 106 cm³/mol. The second-order valence-corrected chi connectivity index (χ2v) is 6.72. The number of thiazole rings is 1. The lowest BCUT2D eigenvalue weighted by molar-refractivity contribution is -0.150. The average molecular weight is 437 g/mol. The molecule has 0 radical (unpaired) electrons. The number of benzene rings is 1. The first-order chi connectivity index (χ1) is 13.9. The van der Waals surface area contributed by atoms with Gasteiger partial charge in [0.25, 0.3) is 5.84 Å². The number of nitrogens with zero attached hydrogens (tertiary/aromatic N) is 4. The fourth-order valence-electron chi connectivity index (χ4n) is 2.09. The second-order valence-electron chi connectivity index (χ2n) is 5.39. The summed E-state index contributed by atoms with van der Waals surface area (Å²) in [6.07, 6.45) is 0. The van der Waals surface area contributed by atoms with Crippen LogP contribution in [0.4, 0.5) is 5.13 Å². The summed E-state index contributed by atoms with van der Waals surface area (Å²) in [6, 6.07) is 8.84. The summed E-state index contributed by atoms with van der Waals surface area (Å²) in [5, 5.41) is 19.8. The highest BCUT2D eigenvalue weighted by Crippen LogP contribution is 2.20. The molecule has 13 heteroatoms. The maximum Gasteiger partial charge on any atom is 0.377 e. The van der Waals surface area contributed by atoms with E-state index in [0.29, 0.717) is 16.4 Å². The smallest absolute Gasteiger partial charge is 0.377 e. The molecular formula is C16H15N5O6S2. The minimum atomic E-state index is -1.45. The summed E-state index contributed by atoms with van der Waals surface area (Å²) in [5.41, 5.74) is 5.57. The van der Waals surface area contributed by atoms with Gasteiger partial charge in [0, 0.05) is 10.9 Å². The van der Waals surface area contributed by atoms with Gasteiger partial charge in [-0.2, -0.15) is 5.01 Å². The third-order valence-corrected chi connectivity index (χ3v) is 4.38. The van der Waals surface area contributed by atoms with Gasteiger partial charge in [0.15, 0.2) is 5.13 Å². The van der Waals surface area contributed by atoms with E-state index in [0.717, 1.165) is 5.01 Å². The lowest BCUT2D eigenvalue weighted by atomic mass is 10.2. The number of carbonyl (C=O) groups is 2. The van der Waals surface area contributed by atoms with Crippen molar-refractivity contribution < 1.29 is 29.0 Å². The Morgan fingerprint density at radius 1 is 1.38 bits per heavy atom. The van der Waals surface area contributed by atoms with Crippen molar-refractivity contribution in [2.75, 3.05) is 12.3 Å². The summed E-state index contributed by atoms with van der Waals surface area (Å²) in [5.74, 6) is -2.66. The Kier molecular flexibility index (Phi) is 6.51. The van der Waals surface area contributed by atoms with Gasteiger partial charge < -0.3 is 25.2 Å². The number of anilines is 1. The van der Waals surface area contributed by atoms with Crippen molar-refractivity contribution in [3.8, 4) is 0 Å². The van der Waals surface area contributed by atoms with Gasteiger partial charge in [0.1, 0.15) is 6.61 Å². The number of amidine groups is 1. The Morgan fingerprint density at radius 2 is 2.14 bits per heavy atom. The van der Waals surface area contributed by atoms with Crippen molar-refractivity contribution in [3.05, 3.63) is 47.0 Å². The monoisotopic (exact) mass is 437 g/mol. The number of hydrogen-bond donors (Lipinski definition) is 3. The molecular weight excluding hydrogens is 422 g/mol. The molecule has 3 N–H and O–H groups in total. The summed E-state index contributed by atoms with van der Waals surface area (Å²) in [4.78, 5) is 32.0. The van der Waals surface area contributed by atoms with E-state index in [4.69, 9.17) is 20.0 Å². The van der Waals surface area contributed by atoms with Crippen LogP contribution in [0.15, 0.2) is 46.0 Å². The van der Waals surface area contributed by atoms with Crippen LogP contribution >= 0.6 is 24.0 Å². The summed E-state index contributed by atoms with van der Waals surface area (Å²) in [7, 11) is 0. The van der Waals surface area contributed by atoms with E-state index in [1.165, 1.54) is 11.3 Å². The molecule has 1 unspecified atom stereocenters. The van der Waals surface area contributed by atoms with E-state index in [1.54, 1.807) is 29.6 Å². The molecule has 1 aromatic heterocycles. The molecule has 2 aromatic rings. The minimum Gasteiger partial charge on any atom is -0.475 e. The Hall–Kier alpha value is -3.32. The number of thiol groups is 1. The molecule has 152 valence electrons. The molecule has 29 heavy (non-hydrogen) atoms. The third-order valence-electron chi connectivity index (χ3n) is 3.34. The van der Waals surface area contributed by atoms with E-state index in [1.807, 2.05) is 6.07 Å². The number of aromatic nitrogens is 1. The zero-order valence-corrected chi connectivity index (χ0v) is 16.4. The van der Waals surface area contributed by atoms with Crippen LogP contribution in [0.3, 0.4) is 0 Å². The second kappa shape index (κ2) is 9.25. The molecule has 0 fully saturated rings. The maximum absolute atomic E-state index is 11.7. The molecule has 3 rings (SSSR count). The first-order valence-corrected chi connectivity index (χ1v) is 9.40. The molecule has 1 aliphatic rings. The number of oxime groups is 1. The number of rotatable bonds is 6. The van der Waals surface area contributed by atoms with Crippen LogP contribution < -0.4 is 5.73 Å². The van der Waals surface area contributed by atoms with E-state index in [9.17, 15) is 14.7 Å². The number of aliphatic carboxylic acids is 1. The molecule has 1 atom stereocenters. The fraction of sp³-hybridized carbons (Fsp3) is 0.188. The van der Waals surface area contributed by atoms with Crippen molar-refractivity contribution >= 4 is 52.8 Å². The van der Waals surface area contributed by atoms with Crippen LogP contribution in [0.2, 0.25) is 0 Å². The highest BCUT2D eigenvalue weighted by molar-refractivity contribution is 7.80. The number of ether oxygens (including phenoxy) is 2. The SMILES string of the molecule is Nc1nc(COC(=O)CON=C(C(=O)O)N2N=C(c3ccccc3)OC2S)cs1. The van der Waals surface area contributed by atoms with Gasteiger partial charge in [-0.3, -0.25) is 0 Å². The molecule has 0 saturated heterocycles. The van der Waals surface area contributed by atoms with E-state index >= 15 is 0 Å². The van der Waals surface area contributed by atoms with Gasteiger partial charge in [-0.1, -0.05) is 23.4 Å². The fourth-order valence-corrected chi connectivity index (χ4v) is 2.90. The van der Waals surface area contributed by atoms with Crippen LogP contribution in [-0.2, 0) is 30.5 Å². The molecule has 0 amide bonds. The quantitative estimate of drug-likeness (QED) is 0.198. The van der Waals surface area contributed by atoms with Gasteiger partial charge in [-0.15, -0.1) is 29.1 Å². The van der Waals surface area contributed by atoms with Gasteiger partial charge in [-0.05, 0) is 12.1 Å². The van der Waals surface area contributed by atoms with Crippen LogP contribution in [0, 0.1) is 0 Å². The molecule has 0 bridgehead atoms. The molecule has 0 aliphatic carbocycles. The largest absolute Gasteiger partial charge is 0.475 e. The standard InChI is InChI=1S/C16H15N5O6S2/c17-15-18-10(8-29-15)6-25-11(22)7-26-20-12(14(23)24)21-16(28)27-13(19-21)9-4-2-1-3-5-9/h1-5,8,16,28H,6-7H2,(H2,17,18)(H,23,24). The number of carboxylic acid groups (broad SMARTS) is 1. The van der Waals surface area contributed by atoms with E-state index in [2.05, 4.69) is 27.9 Å². The van der Waals surface area contributed by atoms with Crippen molar-refractivity contribution in [1.29, 1.82) is 0 Å². The number of carbonyl (C=O) groups excluding carboxylic acids is 1. The lowest BCUT2D eigenvalue weighted by Gasteiger charge is -2.15. The Labute approximate surface area is 173 Å². The number of nitrogens with two attached hydrogens (primary N) is 1. The van der Waals surface area contributed by atoms with Gasteiger partial charge in [0.05, 0.1) is 5.69 Å². The highest BCUT2D eigenvalue weighted by Gasteiger charge is 2.33. The predicted octanol–water partition coefficient (Wildman–Crippen LogP) is 1.09. The molecule has 1 aliphatic heterocycles. The first-order valence-electron chi connectivity index (χ1n) is 8.01. The lowest BCUT2D eigenvalue weighted by Crippen LogP contribution is -2.36. The number of carboxylic acids is 1. The van der Waals surface area contributed by atoms with Gasteiger partial charge in [0.2, 0.25) is 18.1 Å². The Bertz CT molecular complexity index is 948. The molecule has 2 heterocycles. The van der Waals surface area contributed by atoms with Crippen molar-refractivity contribution in [3.63, 3.8) is 0 Å². The topological polar surface area (TPSA) is 149 Å². The number of nitrogen functional groups attached to an aromatic ring is 1. The van der Waals surface area contributed by atoms with Crippen molar-refractivity contribution in [2.45, 2.75) is 12.2 Å². The van der Waals surface area contributed by atoms with Crippen LogP contribution in [0.25, 0.3) is 0 Å². The molecule has 11 nitrogen and oxygen atoms in total. The van der Waals surface area contributed by atoms with Crippen molar-refractivity contribution in [2.24, 2.45) is 10.3 Å².